The maximum atomic E-state index is 9.10. The number of nitrogens with zero attached hydrogens (tertiary/aromatic N) is 1. The van der Waals surface area contributed by atoms with E-state index in [0.717, 1.165) is 36.7 Å². The first-order chi connectivity index (χ1) is 11.4. The van der Waals surface area contributed by atoms with Gasteiger partial charge in [-0.15, -0.1) is 13.2 Å². The van der Waals surface area contributed by atoms with Crippen molar-refractivity contribution in [3.63, 3.8) is 0 Å². The van der Waals surface area contributed by atoms with Gasteiger partial charge in [0, 0.05) is 31.3 Å². The van der Waals surface area contributed by atoms with E-state index in [2.05, 4.69) is 18.1 Å². The van der Waals surface area contributed by atoms with Gasteiger partial charge in [-0.3, -0.25) is 4.90 Å². The quantitative estimate of drug-likeness (QED) is 0.553. The number of carboxylic acid groups (broad SMARTS) is 2. The van der Waals surface area contributed by atoms with E-state index in [-0.39, 0.29) is 0 Å². The van der Waals surface area contributed by atoms with Gasteiger partial charge in [-0.2, -0.15) is 0 Å². The fourth-order valence-corrected chi connectivity index (χ4v) is 1.79. The molecule has 0 amide bonds. The Morgan fingerprint density at radius 1 is 1.08 bits per heavy atom. The first-order valence-electron chi connectivity index (χ1n) is 7.00. The zero-order valence-electron chi connectivity index (χ0n) is 13.9. The molecule has 2 N–H and O–H groups in total. The van der Waals surface area contributed by atoms with Crippen molar-refractivity contribution in [1.82, 2.24) is 4.90 Å². The smallest absolute Gasteiger partial charge is 0.414 e. The van der Waals surface area contributed by atoms with E-state index in [1.165, 1.54) is 0 Å². The lowest BCUT2D eigenvalue weighted by Gasteiger charge is -2.20. The van der Waals surface area contributed by atoms with Gasteiger partial charge in [-0.1, -0.05) is 18.2 Å². The Morgan fingerprint density at radius 2 is 1.62 bits per heavy atom. The fourth-order valence-electron chi connectivity index (χ4n) is 1.79. The van der Waals surface area contributed by atoms with Gasteiger partial charge in [-0.05, 0) is 6.07 Å². The van der Waals surface area contributed by atoms with Crippen molar-refractivity contribution in [2.45, 2.75) is 6.54 Å². The van der Waals surface area contributed by atoms with Crippen LogP contribution in [0.15, 0.2) is 43.5 Å². The van der Waals surface area contributed by atoms with Crippen LogP contribution in [0.25, 0.3) is 0 Å². The highest BCUT2D eigenvalue weighted by Crippen LogP contribution is 2.25. The number of aliphatic carboxylic acids is 2. The number of carboxylic acids is 2. The summed E-state index contributed by atoms with van der Waals surface area (Å²) >= 11 is 0. The molecule has 0 aromatic heterocycles. The van der Waals surface area contributed by atoms with E-state index < -0.39 is 11.9 Å². The first kappa shape index (κ1) is 21.2. The van der Waals surface area contributed by atoms with Crippen molar-refractivity contribution in [2.24, 2.45) is 0 Å². The first-order valence-corrected chi connectivity index (χ1v) is 7.00. The Kier molecular flexibility index (Phi) is 10.4. The molecule has 0 aliphatic rings. The van der Waals surface area contributed by atoms with Crippen LogP contribution in [0.5, 0.6) is 11.5 Å². The Morgan fingerprint density at radius 3 is 2.00 bits per heavy atom. The molecular weight excluding hydrogens is 314 g/mol. The van der Waals surface area contributed by atoms with Crippen LogP contribution in [-0.2, 0) is 16.1 Å². The van der Waals surface area contributed by atoms with Crippen molar-refractivity contribution >= 4 is 11.9 Å². The highest BCUT2D eigenvalue weighted by molar-refractivity contribution is 6.27. The van der Waals surface area contributed by atoms with Gasteiger partial charge in [0.1, 0.15) is 11.5 Å². The van der Waals surface area contributed by atoms with E-state index >= 15 is 0 Å². The zero-order chi connectivity index (χ0) is 18.5. The summed E-state index contributed by atoms with van der Waals surface area (Å²) in [6.45, 7) is 9.97. The average Bonchev–Trinajstić information content (AvgIpc) is 2.56. The van der Waals surface area contributed by atoms with Crippen molar-refractivity contribution in [1.29, 1.82) is 0 Å². The molecule has 0 atom stereocenters. The molecule has 0 aliphatic carbocycles. The molecule has 0 saturated heterocycles. The Hall–Kier alpha value is -2.80. The van der Waals surface area contributed by atoms with Crippen LogP contribution in [0.4, 0.5) is 0 Å². The summed E-state index contributed by atoms with van der Waals surface area (Å²) in [7, 11) is 3.32. The third-order valence-electron chi connectivity index (χ3n) is 2.85. The van der Waals surface area contributed by atoms with Gasteiger partial charge in [0.2, 0.25) is 0 Å². The molecule has 0 aliphatic heterocycles. The molecule has 1 aromatic rings. The largest absolute Gasteiger partial charge is 0.497 e. The van der Waals surface area contributed by atoms with Gasteiger partial charge >= 0.3 is 11.9 Å². The van der Waals surface area contributed by atoms with Gasteiger partial charge < -0.3 is 19.7 Å². The topological polar surface area (TPSA) is 96.3 Å². The number of rotatable bonds is 8. The highest BCUT2D eigenvalue weighted by atomic mass is 16.5. The number of ether oxygens (including phenoxy) is 2. The van der Waals surface area contributed by atoms with Crippen LogP contribution >= 0.6 is 0 Å². The van der Waals surface area contributed by atoms with Crippen molar-refractivity contribution in [3.8, 4) is 11.5 Å². The summed E-state index contributed by atoms with van der Waals surface area (Å²) in [5.41, 5.74) is 1.13. The lowest BCUT2D eigenvalue weighted by Crippen LogP contribution is -2.23. The Labute approximate surface area is 141 Å². The van der Waals surface area contributed by atoms with E-state index in [0.29, 0.717) is 0 Å². The predicted octanol–water partition coefficient (Wildman–Crippen LogP) is 2.03. The molecule has 0 heterocycles. The number of hydrogen-bond acceptors (Lipinski definition) is 5. The van der Waals surface area contributed by atoms with Crippen LogP contribution in [-0.4, -0.2) is 54.4 Å². The average molecular weight is 337 g/mol. The number of methoxy groups -OCH3 is 2. The second-order valence-corrected chi connectivity index (χ2v) is 4.56. The van der Waals surface area contributed by atoms with Crippen molar-refractivity contribution in [3.05, 3.63) is 49.1 Å². The monoisotopic (exact) mass is 337 g/mol. The fraction of sp³-hybridized carbons (Fsp3) is 0.294. The molecule has 0 spiro atoms. The van der Waals surface area contributed by atoms with Gasteiger partial charge in [-0.25, -0.2) is 9.59 Å². The number of hydrogen-bond donors (Lipinski definition) is 2. The van der Waals surface area contributed by atoms with Crippen LogP contribution in [0.1, 0.15) is 5.56 Å². The molecule has 0 fully saturated rings. The highest BCUT2D eigenvalue weighted by Gasteiger charge is 2.09. The van der Waals surface area contributed by atoms with E-state index in [4.69, 9.17) is 29.3 Å². The molecule has 1 aromatic carbocycles. The maximum absolute atomic E-state index is 9.10. The minimum absolute atomic E-state index is 0.797. The van der Waals surface area contributed by atoms with E-state index in [1.54, 1.807) is 14.2 Å². The molecule has 0 radical (unpaired) electrons. The van der Waals surface area contributed by atoms with Crippen LogP contribution in [0.2, 0.25) is 0 Å². The third kappa shape index (κ3) is 8.00. The number of benzene rings is 1. The molecule has 132 valence electrons. The number of carbonyl (C=O) groups is 2. The Balaban J connectivity index is 0.000000754. The molecule has 0 bridgehead atoms. The van der Waals surface area contributed by atoms with Crippen molar-refractivity contribution in [2.75, 3.05) is 27.3 Å². The van der Waals surface area contributed by atoms with Crippen LogP contribution < -0.4 is 9.47 Å². The minimum Gasteiger partial charge on any atom is -0.497 e. The molecule has 7 nitrogen and oxygen atoms in total. The summed E-state index contributed by atoms with van der Waals surface area (Å²) < 4.78 is 10.6. The predicted molar refractivity (Wildman–Crippen MR) is 90.5 cm³/mol. The molecular formula is C17H23NO6. The second-order valence-electron chi connectivity index (χ2n) is 4.56. The molecule has 24 heavy (non-hydrogen) atoms. The lowest BCUT2D eigenvalue weighted by molar-refractivity contribution is -0.159. The lowest BCUT2D eigenvalue weighted by atomic mass is 10.1. The van der Waals surface area contributed by atoms with Gasteiger partial charge in [0.05, 0.1) is 14.2 Å². The molecule has 0 saturated carbocycles. The summed E-state index contributed by atoms with van der Waals surface area (Å²) in [6.07, 6.45) is 3.78. The second kappa shape index (κ2) is 11.7. The van der Waals surface area contributed by atoms with Gasteiger partial charge in [0.15, 0.2) is 0 Å². The normalized spacial score (nSPS) is 9.46. The minimum atomic E-state index is -1.82. The summed E-state index contributed by atoms with van der Waals surface area (Å²) in [6, 6.07) is 5.87. The summed E-state index contributed by atoms with van der Waals surface area (Å²) in [4.78, 5) is 20.4. The van der Waals surface area contributed by atoms with Crippen molar-refractivity contribution < 1.29 is 29.3 Å². The zero-order valence-corrected chi connectivity index (χ0v) is 13.9. The van der Waals surface area contributed by atoms with E-state index in [1.807, 2.05) is 30.4 Å². The summed E-state index contributed by atoms with van der Waals surface area (Å²) in [5, 5.41) is 14.8. The third-order valence-corrected chi connectivity index (χ3v) is 2.85. The maximum Gasteiger partial charge on any atom is 0.414 e. The van der Waals surface area contributed by atoms with E-state index in [9.17, 15) is 0 Å². The molecule has 0 unspecified atom stereocenters. The molecule has 1 rings (SSSR count). The molecule has 7 heteroatoms. The van der Waals surface area contributed by atoms with Gasteiger partial charge in [0.25, 0.3) is 0 Å². The SMILES string of the molecule is C=CCN(CC=C)Cc1ccc(OC)cc1OC.O=C(O)C(=O)O. The summed E-state index contributed by atoms with van der Waals surface area (Å²) in [5.74, 6) is -2.01. The Bertz CT molecular complexity index is 548. The van der Waals surface area contributed by atoms with Crippen LogP contribution in [0, 0.1) is 0 Å². The standard InChI is InChI=1S/C15H21NO2.C2H2O4/c1-5-9-16(10-6-2)12-13-7-8-14(17-3)11-15(13)18-4;3-1(4)2(5)6/h5-8,11H,1-2,9-10,12H2,3-4H3;(H,3,4)(H,5,6). The van der Waals surface area contributed by atoms with Crippen LogP contribution in [0.3, 0.4) is 0 Å².